The first-order chi connectivity index (χ1) is 15.8. The first-order valence-corrected chi connectivity index (χ1v) is 12.7. The third-order valence-electron chi connectivity index (χ3n) is 6.25. The van der Waals surface area contributed by atoms with Gasteiger partial charge in [0.1, 0.15) is 5.88 Å². The normalized spacial score (nSPS) is 16.5. The molecule has 1 aromatic heterocycles. The van der Waals surface area contributed by atoms with E-state index in [4.69, 9.17) is 0 Å². The minimum atomic E-state index is -3.62. The number of benzene rings is 2. The van der Waals surface area contributed by atoms with E-state index in [-0.39, 0.29) is 11.4 Å². The number of anilines is 1. The van der Waals surface area contributed by atoms with Gasteiger partial charge in [-0.3, -0.25) is 9.10 Å². The molecule has 0 radical (unpaired) electrons. The molecule has 0 spiro atoms. The van der Waals surface area contributed by atoms with Crippen LogP contribution in [0.1, 0.15) is 28.4 Å². The quantitative estimate of drug-likeness (QED) is 0.466. The molecule has 3 N–H and O–H groups in total. The van der Waals surface area contributed by atoms with Crippen molar-refractivity contribution in [1.29, 1.82) is 0 Å². The van der Waals surface area contributed by atoms with Crippen LogP contribution in [0.5, 0.6) is 0 Å². The second kappa shape index (κ2) is 9.17. The molecule has 2 atom stereocenters. The van der Waals surface area contributed by atoms with Gasteiger partial charge in [0.15, 0.2) is 0 Å². The van der Waals surface area contributed by atoms with Crippen LogP contribution in [-0.4, -0.2) is 56.8 Å². The number of carbonyl (C=O) groups is 1. The maximum atomic E-state index is 13.5. The Morgan fingerprint density at radius 3 is 2.58 bits per heavy atom. The lowest BCUT2D eigenvalue weighted by Crippen LogP contribution is -2.48. The Labute approximate surface area is 194 Å². The van der Waals surface area contributed by atoms with E-state index in [1.54, 1.807) is 17.7 Å². The zero-order valence-electron chi connectivity index (χ0n) is 19.1. The van der Waals surface area contributed by atoms with Crippen LogP contribution in [0.15, 0.2) is 48.7 Å². The van der Waals surface area contributed by atoms with Crippen molar-refractivity contribution in [1.82, 2.24) is 15.2 Å². The van der Waals surface area contributed by atoms with Crippen LogP contribution in [0.3, 0.4) is 0 Å². The highest BCUT2D eigenvalue weighted by molar-refractivity contribution is 7.91. The van der Waals surface area contributed by atoms with E-state index < -0.39 is 28.1 Å². The number of aromatic nitrogens is 1. The zero-order valence-corrected chi connectivity index (χ0v) is 19.9. The van der Waals surface area contributed by atoms with Gasteiger partial charge in [0.25, 0.3) is 15.9 Å². The van der Waals surface area contributed by atoms with Crippen LogP contribution in [0.25, 0.3) is 10.9 Å². The number of carbonyl (C=O) groups excluding carboxylic acids is 1. The monoisotopic (exact) mass is 470 g/mol. The van der Waals surface area contributed by atoms with Gasteiger partial charge in [-0.15, -0.1) is 0 Å². The van der Waals surface area contributed by atoms with Crippen molar-refractivity contribution in [3.05, 3.63) is 65.4 Å². The van der Waals surface area contributed by atoms with Crippen molar-refractivity contribution >= 4 is 32.5 Å². The van der Waals surface area contributed by atoms with Gasteiger partial charge in [-0.2, -0.15) is 0 Å². The molecular weight excluding hydrogens is 440 g/mol. The van der Waals surface area contributed by atoms with E-state index in [2.05, 4.69) is 10.6 Å². The smallest absolute Gasteiger partial charge is 0.253 e. The van der Waals surface area contributed by atoms with Crippen LogP contribution >= 0.6 is 0 Å². The van der Waals surface area contributed by atoms with Gasteiger partial charge in [0.05, 0.1) is 28.9 Å². The number of nitrogens with zero attached hydrogens (tertiary/aromatic N) is 2. The summed E-state index contributed by atoms with van der Waals surface area (Å²) in [5.74, 6) is -0.576. The summed E-state index contributed by atoms with van der Waals surface area (Å²) < 4.78 is 28.6. The summed E-state index contributed by atoms with van der Waals surface area (Å²) >= 11 is 0. The van der Waals surface area contributed by atoms with Crippen LogP contribution in [-0.2, 0) is 28.7 Å². The molecule has 0 aliphatic carbocycles. The van der Waals surface area contributed by atoms with E-state index in [0.717, 1.165) is 28.5 Å². The van der Waals surface area contributed by atoms with Gasteiger partial charge < -0.3 is 20.3 Å². The van der Waals surface area contributed by atoms with Gasteiger partial charge in [-0.05, 0) is 37.1 Å². The number of hydrogen-bond acceptors (Lipinski definition) is 5. The summed E-state index contributed by atoms with van der Waals surface area (Å²) in [6, 6.07) is 12.6. The van der Waals surface area contributed by atoms with Crippen LogP contribution < -0.4 is 14.9 Å². The highest BCUT2D eigenvalue weighted by atomic mass is 32.2. The fourth-order valence-corrected chi connectivity index (χ4v) is 5.68. The van der Waals surface area contributed by atoms with E-state index in [1.807, 2.05) is 49.5 Å². The molecule has 4 rings (SSSR count). The molecule has 1 aliphatic heterocycles. The Kier molecular flexibility index (Phi) is 6.47. The third-order valence-corrected chi connectivity index (χ3v) is 7.87. The number of hydrogen-bond donors (Lipinski definition) is 3. The van der Waals surface area contributed by atoms with Gasteiger partial charge in [-0.25, -0.2) is 8.42 Å². The van der Waals surface area contributed by atoms with E-state index in [9.17, 15) is 18.3 Å². The van der Waals surface area contributed by atoms with Crippen LogP contribution in [0.4, 0.5) is 5.69 Å². The van der Waals surface area contributed by atoms with Crippen molar-refractivity contribution in [2.45, 2.75) is 37.8 Å². The fourth-order valence-electron chi connectivity index (χ4n) is 4.49. The maximum absolute atomic E-state index is 13.5. The second-order valence-corrected chi connectivity index (χ2v) is 10.4. The van der Waals surface area contributed by atoms with E-state index in [0.29, 0.717) is 18.7 Å². The molecule has 8 nitrogen and oxygen atoms in total. The molecule has 0 fully saturated rings. The van der Waals surface area contributed by atoms with E-state index >= 15 is 0 Å². The summed E-state index contributed by atoms with van der Waals surface area (Å²) in [5.41, 5.74) is 3.40. The molecule has 1 aliphatic rings. The number of aliphatic hydroxyl groups is 1. The van der Waals surface area contributed by atoms with Crippen LogP contribution in [0, 0.1) is 0 Å². The Morgan fingerprint density at radius 1 is 1.18 bits per heavy atom. The first kappa shape index (κ1) is 23.3. The third kappa shape index (κ3) is 4.36. The predicted octanol–water partition coefficient (Wildman–Crippen LogP) is 1.86. The summed E-state index contributed by atoms with van der Waals surface area (Å²) in [5, 5.41) is 17.6. The Morgan fingerprint density at radius 2 is 1.91 bits per heavy atom. The number of nitrogens with one attached hydrogen (secondary N) is 2. The molecule has 0 bridgehead atoms. The predicted molar refractivity (Wildman–Crippen MR) is 130 cm³/mol. The lowest BCUT2D eigenvalue weighted by atomic mass is 9.99. The molecule has 0 saturated carbocycles. The van der Waals surface area contributed by atoms with Gasteiger partial charge in [0, 0.05) is 25.2 Å². The Balaban J connectivity index is 1.74. The summed E-state index contributed by atoms with van der Waals surface area (Å²) in [7, 11) is -0.393. The molecule has 33 heavy (non-hydrogen) atoms. The molecule has 2 aromatic carbocycles. The number of rotatable bonds is 8. The SMILES string of the molecule is CCc1cn2c3c(c(C(=O)N[C@@H](Cc4ccccc4)[C@H](O)CNC)ccc13)N(C)S(=O)(=O)C2. The van der Waals surface area contributed by atoms with Crippen molar-refractivity contribution in [3.63, 3.8) is 0 Å². The molecule has 1 amide bonds. The minimum absolute atomic E-state index is 0.157. The number of sulfonamides is 1. The zero-order chi connectivity index (χ0) is 23.8. The van der Waals surface area contributed by atoms with Crippen molar-refractivity contribution in [2.75, 3.05) is 24.9 Å². The highest BCUT2D eigenvalue weighted by Gasteiger charge is 2.34. The number of aliphatic hydroxyl groups excluding tert-OH is 1. The summed E-state index contributed by atoms with van der Waals surface area (Å²) in [4.78, 5) is 13.5. The topological polar surface area (TPSA) is 104 Å². The van der Waals surface area contributed by atoms with Gasteiger partial charge >= 0.3 is 0 Å². The Hall–Kier alpha value is -2.88. The molecule has 176 valence electrons. The summed E-state index contributed by atoms with van der Waals surface area (Å²) in [6.07, 6.45) is 2.23. The molecular formula is C24H30N4O4S. The minimum Gasteiger partial charge on any atom is -0.390 e. The Bertz CT molecular complexity index is 1270. The molecule has 0 saturated heterocycles. The van der Waals surface area contributed by atoms with Gasteiger partial charge in [-0.1, -0.05) is 43.3 Å². The number of amides is 1. The fraction of sp³-hybridized carbons (Fsp3) is 0.375. The standard InChI is InChI=1S/C24H30N4O4S/c1-4-17-14-28-15-33(31,32)27(3)22-19(11-10-18(17)23(22)28)24(30)26-20(21(29)13-25-2)12-16-8-6-5-7-9-16/h5-11,14,20-21,25,29H,4,12-13,15H2,1-3H3,(H,26,30)/t20-,21+/m0/s1. The average molecular weight is 471 g/mol. The molecule has 9 heteroatoms. The maximum Gasteiger partial charge on any atom is 0.253 e. The average Bonchev–Trinajstić information content (AvgIpc) is 3.15. The summed E-state index contributed by atoms with van der Waals surface area (Å²) in [6.45, 7) is 2.33. The first-order valence-electron chi connectivity index (χ1n) is 11.1. The van der Waals surface area contributed by atoms with Crippen molar-refractivity contribution in [2.24, 2.45) is 0 Å². The largest absolute Gasteiger partial charge is 0.390 e. The second-order valence-electron chi connectivity index (χ2n) is 8.44. The highest BCUT2D eigenvalue weighted by Crippen LogP contribution is 2.38. The lowest BCUT2D eigenvalue weighted by Gasteiger charge is -2.29. The lowest BCUT2D eigenvalue weighted by molar-refractivity contribution is 0.0835. The van der Waals surface area contributed by atoms with Gasteiger partial charge in [0.2, 0.25) is 0 Å². The number of aryl methyl sites for hydroxylation is 1. The van der Waals surface area contributed by atoms with Crippen molar-refractivity contribution in [3.8, 4) is 0 Å². The van der Waals surface area contributed by atoms with E-state index in [1.165, 1.54) is 11.4 Å². The number of likely N-dealkylation sites (N-methyl/N-ethyl adjacent to an activating group) is 1. The molecule has 0 unspecified atom stereocenters. The molecule has 2 heterocycles. The molecule has 3 aromatic rings. The van der Waals surface area contributed by atoms with Crippen molar-refractivity contribution < 1.29 is 18.3 Å². The van der Waals surface area contributed by atoms with Crippen LogP contribution in [0.2, 0.25) is 0 Å².